The molecule has 1 N–H and O–H groups in total. The Bertz CT molecular complexity index is 507. The van der Waals surface area contributed by atoms with Crippen LogP contribution in [0.3, 0.4) is 0 Å². The van der Waals surface area contributed by atoms with Crippen molar-refractivity contribution >= 4 is 28.9 Å². The second kappa shape index (κ2) is 4.59. The summed E-state index contributed by atoms with van der Waals surface area (Å²) in [5, 5.41) is 21.6. The number of benzene rings is 1. The lowest BCUT2D eigenvalue weighted by Gasteiger charge is -2.04. The molecule has 0 saturated heterocycles. The van der Waals surface area contributed by atoms with Crippen molar-refractivity contribution in [3.63, 3.8) is 0 Å². The number of carbonyl (C=O) groups is 1. The van der Waals surface area contributed by atoms with Gasteiger partial charge in [-0.3, -0.25) is 14.9 Å². The van der Waals surface area contributed by atoms with E-state index in [0.717, 1.165) is 6.07 Å². The summed E-state index contributed by atoms with van der Waals surface area (Å²) in [6.07, 6.45) is 0. The normalized spacial score (nSPS) is 9.31. The van der Waals surface area contributed by atoms with E-state index >= 15 is 0 Å². The summed E-state index contributed by atoms with van der Waals surface area (Å²) in [7, 11) is 0. The zero-order chi connectivity index (χ0) is 12.3. The predicted octanol–water partition coefficient (Wildman–Crippen LogP) is 2.08. The SMILES string of the molecule is CC(=O)Nc1cc(C#N)c(Cl)cc1[N+](=O)[O-]. The maximum atomic E-state index is 10.8. The molecule has 1 aromatic carbocycles. The van der Waals surface area contributed by atoms with E-state index < -0.39 is 10.8 Å². The van der Waals surface area contributed by atoms with E-state index in [9.17, 15) is 14.9 Å². The highest BCUT2D eigenvalue weighted by atomic mass is 35.5. The average molecular weight is 240 g/mol. The van der Waals surface area contributed by atoms with Gasteiger partial charge in [-0.2, -0.15) is 5.26 Å². The minimum atomic E-state index is -0.682. The van der Waals surface area contributed by atoms with Gasteiger partial charge in [0.25, 0.3) is 5.69 Å². The van der Waals surface area contributed by atoms with Crippen molar-refractivity contribution in [2.24, 2.45) is 0 Å². The first-order valence-corrected chi connectivity index (χ1v) is 4.49. The maximum absolute atomic E-state index is 10.8. The van der Waals surface area contributed by atoms with Crippen molar-refractivity contribution in [3.05, 3.63) is 32.8 Å². The van der Waals surface area contributed by atoms with E-state index in [-0.39, 0.29) is 22.0 Å². The van der Waals surface area contributed by atoms with Crippen LogP contribution < -0.4 is 5.32 Å². The zero-order valence-electron chi connectivity index (χ0n) is 8.15. The molecule has 0 heterocycles. The van der Waals surface area contributed by atoms with Gasteiger partial charge >= 0.3 is 0 Å². The molecule has 0 atom stereocenters. The van der Waals surface area contributed by atoms with Crippen molar-refractivity contribution in [3.8, 4) is 6.07 Å². The molecule has 0 bridgehead atoms. The quantitative estimate of drug-likeness (QED) is 0.631. The van der Waals surface area contributed by atoms with Gasteiger partial charge in [0, 0.05) is 13.0 Å². The van der Waals surface area contributed by atoms with Gasteiger partial charge in [-0.05, 0) is 6.07 Å². The van der Waals surface area contributed by atoms with Crippen LogP contribution >= 0.6 is 11.6 Å². The number of hydrogen-bond acceptors (Lipinski definition) is 4. The third-order valence-electron chi connectivity index (χ3n) is 1.71. The smallest absolute Gasteiger partial charge is 0.294 e. The van der Waals surface area contributed by atoms with Crippen LogP contribution in [-0.4, -0.2) is 10.8 Å². The van der Waals surface area contributed by atoms with Crippen LogP contribution in [0.25, 0.3) is 0 Å². The first kappa shape index (κ1) is 11.9. The van der Waals surface area contributed by atoms with Gasteiger partial charge in [-0.1, -0.05) is 11.6 Å². The van der Waals surface area contributed by atoms with Gasteiger partial charge < -0.3 is 5.32 Å². The largest absolute Gasteiger partial charge is 0.321 e. The fourth-order valence-corrected chi connectivity index (χ4v) is 1.29. The summed E-state index contributed by atoms with van der Waals surface area (Å²) < 4.78 is 0. The van der Waals surface area contributed by atoms with Crippen LogP contribution in [0.15, 0.2) is 12.1 Å². The lowest BCUT2D eigenvalue weighted by atomic mass is 10.2. The van der Waals surface area contributed by atoms with Gasteiger partial charge in [0.2, 0.25) is 5.91 Å². The molecule has 0 saturated carbocycles. The number of nitrogens with one attached hydrogen (secondary N) is 1. The summed E-state index contributed by atoms with van der Waals surface area (Å²) in [5.74, 6) is -0.464. The standard InChI is InChI=1S/C9H6ClN3O3/c1-5(14)12-8-2-6(4-11)7(10)3-9(8)13(15)16/h2-3H,1H3,(H,12,14). The van der Waals surface area contributed by atoms with Crippen molar-refractivity contribution in [1.29, 1.82) is 5.26 Å². The number of rotatable bonds is 2. The number of carbonyl (C=O) groups excluding carboxylic acids is 1. The Morgan fingerprint density at radius 1 is 1.62 bits per heavy atom. The highest BCUT2D eigenvalue weighted by Gasteiger charge is 2.18. The second-order valence-electron chi connectivity index (χ2n) is 2.90. The highest BCUT2D eigenvalue weighted by Crippen LogP contribution is 2.30. The number of nitro groups is 1. The van der Waals surface area contributed by atoms with E-state index in [0.29, 0.717) is 0 Å². The summed E-state index contributed by atoms with van der Waals surface area (Å²) in [6.45, 7) is 1.21. The summed E-state index contributed by atoms with van der Waals surface area (Å²) in [6, 6.07) is 3.97. The lowest BCUT2D eigenvalue weighted by molar-refractivity contribution is -0.383. The molecule has 16 heavy (non-hydrogen) atoms. The molecule has 0 aliphatic heterocycles. The fourth-order valence-electron chi connectivity index (χ4n) is 1.09. The van der Waals surface area contributed by atoms with Gasteiger partial charge in [-0.15, -0.1) is 0 Å². The Balaban J connectivity index is 3.37. The van der Waals surface area contributed by atoms with Crippen LogP contribution in [0.1, 0.15) is 12.5 Å². The molecule has 0 unspecified atom stereocenters. The van der Waals surface area contributed by atoms with Gasteiger partial charge in [0.1, 0.15) is 11.8 Å². The summed E-state index contributed by atoms with van der Waals surface area (Å²) >= 11 is 5.64. The van der Waals surface area contributed by atoms with Crippen molar-refractivity contribution < 1.29 is 9.72 Å². The van der Waals surface area contributed by atoms with E-state index in [1.807, 2.05) is 0 Å². The number of anilines is 1. The predicted molar refractivity (Wildman–Crippen MR) is 57.1 cm³/mol. The molecule has 0 spiro atoms. The monoisotopic (exact) mass is 239 g/mol. The molecule has 0 aromatic heterocycles. The number of nitriles is 1. The average Bonchev–Trinajstić information content (AvgIpc) is 2.19. The van der Waals surface area contributed by atoms with Crippen molar-refractivity contribution in [1.82, 2.24) is 0 Å². The molecule has 6 nitrogen and oxygen atoms in total. The Morgan fingerprint density at radius 2 is 2.25 bits per heavy atom. The van der Waals surface area contributed by atoms with Crippen molar-refractivity contribution in [2.75, 3.05) is 5.32 Å². The van der Waals surface area contributed by atoms with Crippen molar-refractivity contribution in [2.45, 2.75) is 6.92 Å². The molecule has 0 aliphatic carbocycles. The van der Waals surface area contributed by atoms with Crippen LogP contribution in [0.5, 0.6) is 0 Å². The minimum absolute atomic E-state index is 0.0247. The third-order valence-corrected chi connectivity index (χ3v) is 2.03. The number of amides is 1. The molecule has 1 amide bonds. The number of halogens is 1. The molecule has 7 heteroatoms. The number of hydrogen-bond donors (Lipinski definition) is 1. The van der Waals surface area contributed by atoms with E-state index in [1.54, 1.807) is 6.07 Å². The molecular weight excluding hydrogens is 234 g/mol. The maximum Gasteiger partial charge on any atom is 0.294 e. The van der Waals surface area contributed by atoms with Gasteiger partial charge in [0.15, 0.2) is 0 Å². The molecule has 82 valence electrons. The fraction of sp³-hybridized carbons (Fsp3) is 0.111. The zero-order valence-corrected chi connectivity index (χ0v) is 8.91. The summed E-state index contributed by atoms with van der Waals surface area (Å²) in [5.41, 5.74) is -0.325. The van der Waals surface area contributed by atoms with E-state index in [4.69, 9.17) is 16.9 Å². The molecule has 0 fully saturated rings. The van der Waals surface area contributed by atoms with E-state index in [2.05, 4.69) is 5.32 Å². The Hall–Kier alpha value is -2.13. The number of nitro benzene ring substituents is 1. The Labute approximate surface area is 95.6 Å². The molecular formula is C9H6ClN3O3. The Morgan fingerprint density at radius 3 is 2.69 bits per heavy atom. The third kappa shape index (κ3) is 2.46. The highest BCUT2D eigenvalue weighted by molar-refractivity contribution is 6.32. The minimum Gasteiger partial charge on any atom is -0.321 e. The first-order valence-electron chi connectivity index (χ1n) is 4.11. The molecule has 0 aliphatic rings. The molecule has 0 radical (unpaired) electrons. The van der Waals surface area contributed by atoms with Crippen LogP contribution in [-0.2, 0) is 4.79 Å². The van der Waals surface area contributed by atoms with Crippen LogP contribution in [0.2, 0.25) is 5.02 Å². The molecule has 1 aromatic rings. The second-order valence-corrected chi connectivity index (χ2v) is 3.31. The topological polar surface area (TPSA) is 96.0 Å². The van der Waals surface area contributed by atoms with Gasteiger partial charge in [-0.25, -0.2) is 0 Å². The van der Waals surface area contributed by atoms with Crippen LogP contribution in [0.4, 0.5) is 11.4 Å². The lowest BCUT2D eigenvalue weighted by Crippen LogP contribution is -2.08. The Kier molecular flexibility index (Phi) is 3.43. The van der Waals surface area contributed by atoms with Gasteiger partial charge in [0.05, 0.1) is 15.5 Å². The van der Waals surface area contributed by atoms with E-state index in [1.165, 1.54) is 13.0 Å². The van der Waals surface area contributed by atoms with Crippen LogP contribution in [0, 0.1) is 21.4 Å². The molecule has 1 rings (SSSR count). The summed E-state index contributed by atoms with van der Waals surface area (Å²) in [4.78, 5) is 20.8. The first-order chi connectivity index (χ1) is 7.45. The number of nitrogens with zero attached hydrogens (tertiary/aromatic N) is 2.